The first-order valence-corrected chi connectivity index (χ1v) is 5.38. The van der Waals surface area contributed by atoms with Crippen LogP contribution in [0, 0.1) is 0 Å². The molecule has 78 valence electrons. The van der Waals surface area contributed by atoms with Gasteiger partial charge >= 0.3 is 0 Å². The summed E-state index contributed by atoms with van der Waals surface area (Å²) in [4.78, 5) is 12.2. The molecule has 5 heteroatoms. The molecular formula is C10H11N3OS. The monoisotopic (exact) mass is 221 g/mol. The molecule has 4 nitrogen and oxygen atoms in total. The minimum absolute atomic E-state index is 0.521. The van der Waals surface area contributed by atoms with Crippen molar-refractivity contribution in [3.05, 3.63) is 36.4 Å². The van der Waals surface area contributed by atoms with E-state index in [4.69, 9.17) is 0 Å². The summed E-state index contributed by atoms with van der Waals surface area (Å²) < 4.78 is 0. The lowest BCUT2D eigenvalue weighted by Crippen LogP contribution is -1.94. The molecule has 1 atom stereocenters. The quantitative estimate of drug-likeness (QED) is 0.832. The molecule has 2 N–H and O–H groups in total. The van der Waals surface area contributed by atoms with E-state index in [1.165, 1.54) is 11.8 Å². The highest BCUT2D eigenvalue weighted by molar-refractivity contribution is 7.99. The number of nitrogens with one attached hydrogen (secondary N) is 1. The Bertz CT molecular complexity index is 411. The van der Waals surface area contributed by atoms with Crippen LogP contribution in [0.3, 0.4) is 0 Å². The lowest BCUT2D eigenvalue weighted by molar-refractivity contribution is 0.194. The van der Waals surface area contributed by atoms with Crippen LogP contribution in [0.5, 0.6) is 0 Å². The fraction of sp³-hybridized carbons (Fsp3) is 0.200. The number of imidazole rings is 1. The van der Waals surface area contributed by atoms with Crippen molar-refractivity contribution in [1.29, 1.82) is 0 Å². The number of aliphatic hydroxyl groups excluding tert-OH is 1. The lowest BCUT2D eigenvalue weighted by atomic mass is 10.2. The van der Waals surface area contributed by atoms with E-state index in [2.05, 4.69) is 15.0 Å². The number of nitrogens with zero attached hydrogens (tertiary/aromatic N) is 2. The maximum absolute atomic E-state index is 9.28. The third-order valence-electron chi connectivity index (χ3n) is 1.87. The highest BCUT2D eigenvalue weighted by Crippen LogP contribution is 2.24. The second kappa shape index (κ2) is 4.46. The molecule has 0 unspecified atom stereocenters. The van der Waals surface area contributed by atoms with E-state index in [1.807, 2.05) is 12.1 Å². The molecule has 0 saturated carbocycles. The fourth-order valence-electron chi connectivity index (χ4n) is 1.12. The first-order chi connectivity index (χ1) is 7.25. The van der Waals surface area contributed by atoms with E-state index in [1.54, 1.807) is 25.5 Å². The van der Waals surface area contributed by atoms with Gasteiger partial charge in [-0.2, -0.15) is 0 Å². The molecule has 2 heterocycles. The Kier molecular flexibility index (Phi) is 3.03. The van der Waals surface area contributed by atoms with Crippen molar-refractivity contribution < 1.29 is 5.11 Å². The zero-order chi connectivity index (χ0) is 10.7. The second-order valence-electron chi connectivity index (χ2n) is 3.09. The molecule has 2 rings (SSSR count). The molecular weight excluding hydrogens is 210 g/mol. The number of aromatic amines is 1. The lowest BCUT2D eigenvalue weighted by Gasteiger charge is -2.03. The number of hydrogen-bond donors (Lipinski definition) is 2. The number of aromatic nitrogens is 3. The Morgan fingerprint density at radius 3 is 2.80 bits per heavy atom. The molecule has 0 amide bonds. The molecule has 0 aliphatic carbocycles. The van der Waals surface area contributed by atoms with Gasteiger partial charge in [0, 0.05) is 23.5 Å². The number of hydrogen-bond acceptors (Lipinski definition) is 4. The topological polar surface area (TPSA) is 61.8 Å². The minimum Gasteiger partial charge on any atom is -0.387 e. The van der Waals surface area contributed by atoms with Crippen molar-refractivity contribution in [3.8, 4) is 0 Å². The first kappa shape index (κ1) is 10.2. The molecule has 2 aromatic rings. The van der Waals surface area contributed by atoms with Gasteiger partial charge in [-0.25, -0.2) is 4.98 Å². The predicted molar refractivity (Wildman–Crippen MR) is 57.6 cm³/mol. The normalized spacial score (nSPS) is 12.7. The van der Waals surface area contributed by atoms with Crippen LogP contribution < -0.4 is 0 Å². The minimum atomic E-state index is -0.521. The van der Waals surface area contributed by atoms with Crippen LogP contribution in [0.15, 0.2) is 40.8 Å². The van der Waals surface area contributed by atoms with E-state index in [0.29, 0.717) is 5.69 Å². The van der Waals surface area contributed by atoms with Gasteiger partial charge in [-0.15, -0.1) is 0 Å². The van der Waals surface area contributed by atoms with Gasteiger partial charge < -0.3 is 10.1 Å². The standard InChI is InChI=1S/C10H11N3OS/c1-7(14)9-3-2-8(6-13-9)15-10-11-4-5-12-10/h2-7,14H,1H3,(H,11,12)/t7-/m0/s1. The molecule has 0 bridgehead atoms. The molecule has 0 fully saturated rings. The SMILES string of the molecule is C[C@H](O)c1ccc(Sc2ncc[nH]2)cn1. The molecule has 0 spiro atoms. The van der Waals surface area contributed by atoms with E-state index in [-0.39, 0.29) is 0 Å². The Labute approximate surface area is 91.8 Å². The third-order valence-corrected chi connectivity index (χ3v) is 2.77. The molecule has 2 aromatic heterocycles. The van der Waals surface area contributed by atoms with Crippen LogP contribution in [0.2, 0.25) is 0 Å². The molecule has 0 saturated heterocycles. The van der Waals surface area contributed by atoms with Crippen molar-refractivity contribution >= 4 is 11.8 Å². The van der Waals surface area contributed by atoms with E-state index >= 15 is 0 Å². The van der Waals surface area contributed by atoms with Crippen molar-refractivity contribution in [3.63, 3.8) is 0 Å². The van der Waals surface area contributed by atoms with E-state index in [0.717, 1.165) is 10.1 Å². The van der Waals surface area contributed by atoms with Gasteiger partial charge in [0.05, 0.1) is 11.8 Å². The Hall–Kier alpha value is -1.33. The van der Waals surface area contributed by atoms with E-state index < -0.39 is 6.10 Å². The van der Waals surface area contributed by atoms with Crippen LogP contribution in [0.25, 0.3) is 0 Å². The van der Waals surface area contributed by atoms with Crippen molar-refractivity contribution in [1.82, 2.24) is 15.0 Å². The summed E-state index contributed by atoms with van der Waals surface area (Å²) in [5.74, 6) is 0. The smallest absolute Gasteiger partial charge is 0.170 e. The van der Waals surface area contributed by atoms with Crippen molar-refractivity contribution in [2.75, 3.05) is 0 Å². The maximum atomic E-state index is 9.28. The Morgan fingerprint density at radius 1 is 1.40 bits per heavy atom. The average molecular weight is 221 g/mol. The molecule has 0 aromatic carbocycles. The van der Waals surface area contributed by atoms with Crippen LogP contribution >= 0.6 is 11.8 Å². The highest BCUT2D eigenvalue weighted by atomic mass is 32.2. The highest BCUT2D eigenvalue weighted by Gasteiger charge is 2.03. The maximum Gasteiger partial charge on any atom is 0.170 e. The van der Waals surface area contributed by atoms with Gasteiger partial charge in [0.15, 0.2) is 5.16 Å². The molecule has 0 aliphatic rings. The van der Waals surface area contributed by atoms with Crippen LogP contribution in [-0.4, -0.2) is 20.1 Å². The summed E-state index contributed by atoms with van der Waals surface area (Å²) in [5.41, 5.74) is 0.679. The molecule has 0 aliphatic heterocycles. The van der Waals surface area contributed by atoms with Gasteiger partial charge in [0.2, 0.25) is 0 Å². The number of pyridine rings is 1. The second-order valence-corrected chi connectivity index (χ2v) is 4.15. The zero-order valence-corrected chi connectivity index (χ0v) is 9.03. The number of aliphatic hydroxyl groups is 1. The van der Waals surface area contributed by atoms with Crippen molar-refractivity contribution in [2.24, 2.45) is 0 Å². The van der Waals surface area contributed by atoms with Gasteiger partial charge in [0.1, 0.15) is 0 Å². The zero-order valence-electron chi connectivity index (χ0n) is 8.21. The van der Waals surface area contributed by atoms with Gasteiger partial charge in [-0.3, -0.25) is 4.98 Å². The number of rotatable bonds is 3. The largest absolute Gasteiger partial charge is 0.387 e. The first-order valence-electron chi connectivity index (χ1n) is 4.57. The summed E-state index contributed by atoms with van der Waals surface area (Å²) >= 11 is 1.50. The van der Waals surface area contributed by atoms with Crippen LogP contribution in [0.4, 0.5) is 0 Å². The van der Waals surface area contributed by atoms with Crippen LogP contribution in [0.1, 0.15) is 18.7 Å². The van der Waals surface area contributed by atoms with Crippen LogP contribution in [-0.2, 0) is 0 Å². The predicted octanol–water partition coefficient (Wildman–Crippen LogP) is 2.01. The summed E-state index contributed by atoms with van der Waals surface area (Å²) in [5, 5.41) is 10.1. The average Bonchev–Trinajstić information content (AvgIpc) is 2.71. The summed E-state index contributed by atoms with van der Waals surface area (Å²) in [6.07, 6.45) is 4.70. The fourth-order valence-corrected chi connectivity index (χ4v) is 1.82. The summed E-state index contributed by atoms with van der Waals surface area (Å²) in [7, 11) is 0. The number of H-pyrrole nitrogens is 1. The van der Waals surface area contributed by atoms with E-state index in [9.17, 15) is 5.11 Å². The van der Waals surface area contributed by atoms with Gasteiger partial charge in [-0.1, -0.05) is 11.8 Å². The molecule has 0 radical (unpaired) electrons. The summed E-state index contributed by atoms with van der Waals surface area (Å²) in [6.45, 7) is 1.70. The van der Waals surface area contributed by atoms with Crippen molar-refractivity contribution in [2.45, 2.75) is 23.1 Å². The Balaban J connectivity index is 2.11. The molecule has 15 heavy (non-hydrogen) atoms. The van der Waals surface area contributed by atoms with Gasteiger partial charge in [0.25, 0.3) is 0 Å². The third kappa shape index (κ3) is 2.57. The summed E-state index contributed by atoms with van der Waals surface area (Å²) in [6, 6.07) is 3.73. The van der Waals surface area contributed by atoms with Gasteiger partial charge in [-0.05, 0) is 19.1 Å². The Morgan fingerprint density at radius 2 is 2.27 bits per heavy atom.